The SMILES string of the molecule is O=C(Nc1ccccc1)Nc1cc(-c2nc3ccccc3s2)cc(Cl)c1O. The molecule has 0 bridgehead atoms. The lowest BCUT2D eigenvalue weighted by Gasteiger charge is -2.11. The van der Waals surface area contributed by atoms with Gasteiger partial charge < -0.3 is 15.7 Å². The zero-order chi connectivity index (χ0) is 18.8. The number of carbonyl (C=O) groups excluding carboxylic acids is 1. The molecule has 27 heavy (non-hydrogen) atoms. The van der Waals surface area contributed by atoms with Crippen LogP contribution >= 0.6 is 22.9 Å². The monoisotopic (exact) mass is 395 g/mol. The van der Waals surface area contributed by atoms with Gasteiger partial charge in [-0.15, -0.1) is 11.3 Å². The minimum absolute atomic E-state index is 0.141. The molecule has 0 aliphatic rings. The van der Waals surface area contributed by atoms with Crippen molar-refractivity contribution >= 4 is 50.6 Å². The van der Waals surface area contributed by atoms with Gasteiger partial charge in [-0.1, -0.05) is 41.9 Å². The van der Waals surface area contributed by atoms with Gasteiger partial charge in [0.2, 0.25) is 0 Å². The number of nitrogens with zero attached hydrogens (tertiary/aromatic N) is 1. The normalized spacial score (nSPS) is 10.7. The summed E-state index contributed by atoms with van der Waals surface area (Å²) in [5.74, 6) is -0.190. The number of halogens is 1. The number of phenolic OH excluding ortho intramolecular Hbond substituents is 1. The summed E-state index contributed by atoms with van der Waals surface area (Å²) >= 11 is 7.68. The van der Waals surface area contributed by atoms with Gasteiger partial charge in [0, 0.05) is 11.3 Å². The van der Waals surface area contributed by atoms with Gasteiger partial charge in [0.25, 0.3) is 0 Å². The first kappa shape index (κ1) is 17.3. The Kier molecular flexibility index (Phi) is 4.66. The quantitative estimate of drug-likeness (QED) is 0.374. The number of thiazole rings is 1. The Morgan fingerprint density at radius 2 is 1.74 bits per heavy atom. The number of aromatic hydroxyl groups is 1. The van der Waals surface area contributed by atoms with Crippen LogP contribution in [0.15, 0.2) is 66.7 Å². The van der Waals surface area contributed by atoms with E-state index in [1.807, 2.05) is 42.5 Å². The largest absolute Gasteiger partial charge is 0.504 e. The fraction of sp³-hybridized carbons (Fsp3) is 0. The Bertz CT molecular complexity index is 1100. The Balaban J connectivity index is 1.64. The van der Waals surface area contributed by atoms with Crippen LogP contribution in [0.2, 0.25) is 5.02 Å². The highest BCUT2D eigenvalue weighted by molar-refractivity contribution is 7.21. The van der Waals surface area contributed by atoms with Crippen LogP contribution in [0.1, 0.15) is 0 Å². The van der Waals surface area contributed by atoms with Gasteiger partial charge in [0.1, 0.15) is 5.01 Å². The number of phenols is 1. The highest BCUT2D eigenvalue weighted by Gasteiger charge is 2.15. The molecule has 0 atom stereocenters. The number of aromatic nitrogens is 1. The zero-order valence-corrected chi connectivity index (χ0v) is 15.5. The summed E-state index contributed by atoms with van der Waals surface area (Å²) in [6.45, 7) is 0. The van der Waals surface area contributed by atoms with E-state index < -0.39 is 6.03 Å². The molecule has 3 N–H and O–H groups in total. The van der Waals surface area contributed by atoms with E-state index in [9.17, 15) is 9.90 Å². The molecule has 0 saturated heterocycles. The summed E-state index contributed by atoms with van der Waals surface area (Å²) in [6.07, 6.45) is 0. The van der Waals surface area contributed by atoms with E-state index in [1.165, 1.54) is 11.3 Å². The van der Waals surface area contributed by atoms with Crippen molar-refractivity contribution in [2.75, 3.05) is 10.6 Å². The van der Waals surface area contributed by atoms with Gasteiger partial charge in [-0.25, -0.2) is 9.78 Å². The van der Waals surface area contributed by atoms with E-state index in [1.54, 1.807) is 24.3 Å². The zero-order valence-electron chi connectivity index (χ0n) is 13.9. The van der Waals surface area contributed by atoms with Crippen LogP contribution in [0.4, 0.5) is 16.2 Å². The van der Waals surface area contributed by atoms with E-state index in [4.69, 9.17) is 11.6 Å². The second kappa shape index (κ2) is 7.26. The van der Waals surface area contributed by atoms with Crippen molar-refractivity contribution in [1.82, 2.24) is 4.98 Å². The highest BCUT2D eigenvalue weighted by atomic mass is 35.5. The maximum atomic E-state index is 12.2. The maximum absolute atomic E-state index is 12.2. The molecule has 0 fully saturated rings. The maximum Gasteiger partial charge on any atom is 0.323 e. The van der Waals surface area contributed by atoms with Crippen molar-refractivity contribution in [1.29, 1.82) is 0 Å². The van der Waals surface area contributed by atoms with Crippen molar-refractivity contribution < 1.29 is 9.90 Å². The molecular weight excluding hydrogens is 382 g/mol. The Labute approximate surface area is 164 Å². The van der Waals surface area contributed by atoms with Crippen LogP contribution in [-0.4, -0.2) is 16.1 Å². The number of anilines is 2. The summed E-state index contributed by atoms with van der Waals surface area (Å²) in [6, 6.07) is 19.6. The molecule has 0 radical (unpaired) electrons. The number of nitrogens with one attached hydrogen (secondary N) is 2. The van der Waals surface area contributed by atoms with Crippen molar-refractivity contribution in [3.8, 4) is 16.3 Å². The minimum atomic E-state index is -0.478. The van der Waals surface area contributed by atoms with Crippen molar-refractivity contribution in [2.24, 2.45) is 0 Å². The molecule has 4 rings (SSSR count). The number of amides is 2. The van der Waals surface area contributed by atoms with Gasteiger partial charge in [-0.2, -0.15) is 0 Å². The first-order chi connectivity index (χ1) is 13.1. The lowest BCUT2D eigenvalue weighted by molar-refractivity contribution is 0.262. The summed E-state index contributed by atoms with van der Waals surface area (Å²) in [7, 11) is 0. The molecule has 3 aromatic carbocycles. The summed E-state index contributed by atoms with van der Waals surface area (Å²) < 4.78 is 1.05. The second-order valence-corrected chi connectivity index (χ2v) is 7.22. The smallest absolute Gasteiger partial charge is 0.323 e. The molecule has 2 amide bonds. The molecule has 0 spiro atoms. The molecule has 5 nitrogen and oxygen atoms in total. The fourth-order valence-corrected chi connectivity index (χ4v) is 3.79. The minimum Gasteiger partial charge on any atom is -0.504 e. The molecule has 0 saturated carbocycles. The lowest BCUT2D eigenvalue weighted by atomic mass is 10.2. The van der Waals surface area contributed by atoms with Crippen molar-refractivity contribution in [3.63, 3.8) is 0 Å². The number of benzene rings is 3. The third-order valence-corrected chi connectivity index (χ3v) is 5.26. The van der Waals surface area contributed by atoms with Crippen LogP contribution in [0.3, 0.4) is 0 Å². The van der Waals surface area contributed by atoms with Gasteiger partial charge in [0.15, 0.2) is 5.75 Å². The molecule has 7 heteroatoms. The first-order valence-corrected chi connectivity index (χ1v) is 9.31. The average Bonchev–Trinajstić information content (AvgIpc) is 3.10. The summed E-state index contributed by atoms with van der Waals surface area (Å²) in [5.41, 5.74) is 2.46. The van der Waals surface area contributed by atoms with Crippen molar-refractivity contribution in [2.45, 2.75) is 0 Å². The van der Waals surface area contributed by atoms with E-state index in [-0.39, 0.29) is 16.5 Å². The van der Waals surface area contributed by atoms with Crippen LogP contribution in [0, 0.1) is 0 Å². The number of hydrogen-bond acceptors (Lipinski definition) is 4. The highest BCUT2D eigenvalue weighted by Crippen LogP contribution is 2.39. The topological polar surface area (TPSA) is 74.2 Å². The van der Waals surface area contributed by atoms with E-state index in [0.717, 1.165) is 15.2 Å². The van der Waals surface area contributed by atoms with E-state index in [0.29, 0.717) is 11.3 Å². The predicted octanol–water partition coefficient (Wildman–Crippen LogP) is 5.97. The van der Waals surface area contributed by atoms with Crippen LogP contribution in [0.25, 0.3) is 20.8 Å². The molecule has 1 aromatic heterocycles. The molecule has 0 aliphatic heterocycles. The summed E-state index contributed by atoms with van der Waals surface area (Å²) in [5, 5.41) is 16.5. The standard InChI is InChI=1S/C20H14ClN3O2S/c21-14-10-12(19-23-15-8-4-5-9-17(15)27-19)11-16(18(14)25)24-20(26)22-13-6-2-1-3-7-13/h1-11,25H,(H2,22,24,26). The number of rotatable bonds is 3. The third-order valence-electron chi connectivity index (χ3n) is 3.88. The Morgan fingerprint density at radius 3 is 2.52 bits per heavy atom. The van der Waals surface area contributed by atoms with Crippen LogP contribution in [-0.2, 0) is 0 Å². The summed E-state index contributed by atoms with van der Waals surface area (Å²) in [4.78, 5) is 16.8. The predicted molar refractivity (Wildman–Crippen MR) is 111 cm³/mol. The second-order valence-electron chi connectivity index (χ2n) is 5.79. The number of carbonyl (C=O) groups is 1. The van der Waals surface area contributed by atoms with E-state index >= 15 is 0 Å². The number of urea groups is 1. The Hall–Kier alpha value is -3.09. The third kappa shape index (κ3) is 3.72. The fourth-order valence-electron chi connectivity index (χ4n) is 2.62. The molecular formula is C20H14ClN3O2S. The first-order valence-electron chi connectivity index (χ1n) is 8.11. The van der Waals surface area contributed by atoms with Crippen LogP contribution < -0.4 is 10.6 Å². The molecule has 1 heterocycles. The lowest BCUT2D eigenvalue weighted by Crippen LogP contribution is -2.19. The Morgan fingerprint density at radius 1 is 1.00 bits per heavy atom. The number of hydrogen-bond donors (Lipinski definition) is 3. The van der Waals surface area contributed by atoms with Gasteiger partial charge in [-0.3, -0.25) is 0 Å². The average molecular weight is 396 g/mol. The molecule has 0 unspecified atom stereocenters. The van der Waals surface area contributed by atoms with Gasteiger partial charge in [0.05, 0.1) is 20.9 Å². The molecule has 134 valence electrons. The van der Waals surface area contributed by atoms with Gasteiger partial charge >= 0.3 is 6.03 Å². The van der Waals surface area contributed by atoms with Crippen molar-refractivity contribution in [3.05, 3.63) is 71.8 Å². The number of para-hydroxylation sites is 2. The molecule has 0 aliphatic carbocycles. The molecule has 4 aromatic rings. The van der Waals surface area contributed by atoms with Gasteiger partial charge in [-0.05, 0) is 36.4 Å². The number of fused-ring (bicyclic) bond motifs is 1. The van der Waals surface area contributed by atoms with Crippen LogP contribution in [0.5, 0.6) is 5.75 Å². The van der Waals surface area contributed by atoms with E-state index in [2.05, 4.69) is 15.6 Å².